The number of aromatic amines is 1. The Balaban J connectivity index is 1.61. The lowest BCUT2D eigenvalue weighted by Crippen LogP contribution is -2.46. The highest BCUT2D eigenvalue weighted by atomic mass is 19.2. The minimum absolute atomic E-state index is 0.131. The Kier molecular flexibility index (Phi) is 5.77. The molecule has 0 spiro atoms. The SMILES string of the molecule is O=C(c1cc(-c2ccc(O)cc2)nc2n[nH]c(/C=C/c3ccc(F)c(F)c3)c12)N1CCNCC1. The Morgan fingerprint density at radius 2 is 1.76 bits per heavy atom. The molecule has 2 aromatic carbocycles. The van der Waals surface area contributed by atoms with Gasteiger partial charge in [-0.2, -0.15) is 5.10 Å². The van der Waals surface area contributed by atoms with Crippen LogP contribution in [0.15, 0.2) is 48.5 Å². The van der Waals surface area contributed by atoms with Gasteiger partial charge >= 0.3 is 0 Å². The lowest BCUT2D eigenvalue weighted by Gasteiger charge is -2.27. The number of aromatic nitrogens is 3. The van der Waals surface area contributed by atoms with Crippen LogP contribution in [-0.2, 0) is 0 Å². The van der Waals surface area contributed by atoms with E-state index in [-0.39, 0.29) is 11.7 Å². The van der Waals surface area contributed by atoms with Crippen LogP contribution in [-0.4, -0.2) is 57.3 Å². The van der Waals surface area contributed by atoms with Gasteiger partial charge in [0.1, 0.15) is 5.75 Å². The van der Waals surface area contributed by atoms with E-state index < -0.39 is 11.6 Å². The fourth-order valence-corrected chi connectivity index (χ4v) is 3.95. The van der Waals surface area contributed by atoms with E-state index in [1.807, 2.05) is 0 Å². The quantitative estimate of drug-likeness (QED) is 0.430. The molecule has 1 fully saturated rings. The zero-order valence-corrected chi connectivity index (χ0v) is 18.1. The second-order valence-corrected chi connectivity index (χ2v) is 7.99. The van der Waals surface area contributed by atoms with Crippen molar-refractivity contribution < 1.29 is 18.7 Å². The number of rotatable bonds is 4. The number of hydrogen-bond donors (Lipinski definition) is 3. The summed E-state index contributed by atoms with van der Waals surface area (Å²) in [5.74, 6) is -1.87. The summed E-state index contributed by atoms with van der Waals surface area (Å²) in [6, 6.07) is 11.9. The topological polar surface area (TPSA) is 94.1 Å². The van der Waals surface area contributed by atoms with E-state index in [0.717, 1.165) is 17.7 Å². The summed E-state index contributed by atoms with van der Waals surface area (Å²) in [7, 11) is 0. The number of fused-ring (bicyclic) bond motifs is 1. The molecule has 0 saturated carbocycles. The number of hydrogen-bond acceptors (Lipinski definition) is 5. The summed E-state index contributed by atoms with van der Waals surface area (Å²) in [5.41, 5.74) is 3.07. The maximum atomic E-state index is 13.6. The standard InChI is InChI=1S/C25H21F2N5O2/c26-19-7-1-15(13-20(19)27)2-8-21-23-18(25(34)32-11-9-28-10-12-32)14-22(29-24(23)31-30-21)16-3-5-17(33)6-4-16/h1-8,13-14,28,33H,9-12H2,(H,29,30,31)/b8-2+. The molecule has 3 heterocycles. The summed E-state index contributed by atoms with van der Waals surface area (Å²) in [6.07, 6.45) is 3.28. The third kappa shape index (κ3) is 4.25. The highest BCUT2D eigenvalue weighted by molar-refractivity contribution is 6.09. The molecule has 1 aliphatic heterocycles. The Labute approximate surface area is 193 Å². The van der Waals surface area contributed by atoms with Gasteiger partial charge in [-0.05, 0) is 54.1 Å². The molecule has 1 amide bonds. The number of carbonyl (C=O) groups excluding carboxylic acids is 1. The van der Waals surface area contributed by atoms with Gasteiger partial charge in [0.05, 0.1) is 22.3 Å². The molecule has 1 saturated heterocycles. The third-order valence-electron chi connectivity index (χ3n) is 5.74. The molecule has 2 aromatic heterocycles. The molecule has 0 bridgehead atoms. The number of piperazine rings is 1. The number of phenols is 1. The minimum atomic E-state index is -0.939. The smallest absolute Gasteiger partial charge is 0.254 e. The fourth-order valence-electron chi connectivity index (χ4n) is 3.95. The van der Waals surface area contributed by atoms with Gasteiger partial charge in [0.25, 0.3) is 5.91 Å². The van der Waals surface area contributed by atoms with Crippen molar-refractivity contribution in [1.82, 2.24) is 25.4 Å². The molecular weight excluding hydrogens is 440 g/mol. The van der Waals surface area contributed by atoms with Crippen LogP contribution in [0.2, 0.25) is 0 Å². The number of aromatic hydroxyl groups is 1. The number of pyridine rings is 1. The number of carbonyl (C=O) groups is 1. The van der Waals surface area contributed by atoms with Crippen LogP contribution in [0.3, 0.4) is 0 Å². The highest BCUT2D eigenvalue weighted by Crippen LogP contribution is 2.29. The summed E-state index contributed by atoms with van der Waals surface area (Å²) in [5, 5.41) is 20.6. The first-order valence-corrected chi connectivity index (χ1v) is 10.8. The maximum absolute atomic E-state index is 13.6. The predicted octanol–water partition coefficient (Wildman–Crippen LogP) is 3.82. The number of H-pyrrole nitrogens is 1. The van der Waals surface area contributed by atoms with Crippen molar-refractivity contribution in [1.29, 1.82) is 0 Å². The van der Waals surface area contributed by atoms with Gasteiger partial charge in [0.2, 0.25) is 0 Å². The molecule has 172 valence electrons. The van der Waals surface area contributed by atoms with Crippen LogP contribution in [0.5, 0.6) is 5.75 Å². The summed E-state index contributed by atoms with van der Waals surface area (Å²) in [6.45, 7) is 2.57. The molecule has 0 atom stereocenters. The molecule has 4 aromatic rings. The molecule has 9 heteroatoms. The van der Waals surface area contributed by atoms with Crippen LogP contribution in [0.25, 0.3) is 34.4 Å². The number of phenolic OH excluding ortho intramolecular Hbond substituents is 1. The molecule has 34 heavy (non-hydrogen) atoms. The van der Waals surface area contributed by atoms with E-state index in [4.69, 9.17) is 0 Å². The monoisotopic (exact) mass is 461 g/mol. The largest absolute Gasteiger partial charge is 0.508 e. The van der Waals surface area contributed by atoms with Gasteiger partial charge in [0.15, 0.2) is 17.3 Å². The van der Waals surface area contributed by atoms with Gasteiger partial charge < -0.3 is 15.3 Å². The van der Waals surface area contributed by atoms with Gasteiger partial charge in [-0.1, -0.05) is 12.1 Å². The van der Waals surface area contributed by atoms with Crippen LogP contribution < -0.4 is 5.32 Å². The summed E-state index contributed by atoms with van der Waals surface area (Å²) >= 11 is 0. The normalized spacial score (nSPS) is 14.2. The first kappa shape index (κ1) is 21.7. The van der Waals surface area contributed by atoms with Crippen molar-refractivity contribution in [3.63, 3.8) is 0 Å². The first-order chi connectivity index (χ1) is 16.5. The van der Waals surface area contributed by atoms with Crippen LogP contribution in [0, 0.1) is 11.6 Å². The zero-order valence-electron chi connectivity index (χ0n) is 18.1. The molecule has 0 unspecified atom stereocenters. The highest BCUT2D eigenvalue weighted by Gasteiger charge is 2.24. The van der Waals surface area contributed by atoms with Gasteiger partial charge in [-0.15, -0.1) is 0 Å². The van der Waals surface area contributed by atoms with Crippen molar-refractivity contribution in [3.8, 4) is 17.0 Å². The molecular formula is C25H21F2N5O2. The lowest BCUT2D eigenvalue weighted by atomic mass is 10.0. The third-order valence-corrected chi connectivity index (χ3v) is 5.74. The Hall–Kier alpha value is -4.11. The van der Waals surface area contributed by atoms with Crippen molar-refractivity contribution in [2.24, 2.45) is 0 Å². The molecule has 0 aliphatic carbocycles. The number of halogens is 2. The summed E-state index contributed by atoms with van der Waals surface area (Å²) < 4.78 is 26.8. The molecule has 1 aliphatic rings. The van der Waals surface area contributed by atoms with E-state index >= 15 is 0 Å². The maximum Gasteiger partial charge on any atom is 0.254 e. The number of benzene rings is 2. The first-order valence-electron chi connectivity index (χ1n) is 10.8. The van der Waals surface area contributed by atoms with Crippen molar-refractivity contribution in [2.45, 2.75) is 0 Å². The van der Waals surface area contributed by atoms with E-state index in [2.05, 4.69) is 20.5 Å². The second kappa shape index (κ2) is 9.03. The van der Waals surface area contributed by atoms with Gasteiger partial charge in [-0.25, -0.2) is 13.8 Å². The zero-order chi connectivity index (χ0) is 23.7. The number of nitrogens with zero attached hydrogens (tertiary/aromatic N) is 3. The molecule has 0 radical (unpaired) electrons. The van der Waals surface area contributed by atoms with Gasteiger partial charge in [0, 0.05) is 31.7 Å². The fraction of sp³-hybridized carbons (Fsp3) is 0.160. The van der Waals surface area contributed by atoms with Crippen molar-refractivity contribution in [2.75, 3.05) is 26.2 Å². The molecule has 3 N–H and O–H groups in total. The summed E-state index contributed by atoms with van der Waals surface area (Å²) in [4.78, 5) is 19.9. The second-order valence-electron chi connectivity index (χ2n) is 7.99. The molecule has 7 nitrogen and oxygen atoms in total. The van der Waals surface area contributed by atoms with E-state index in [0.29, 0.717) is 59.7 Å². The Morgan fingerprint density at radius 1 is 1.00 bits per heavy atom. The van der Waals surface area contributed by atoms with Gasteiger partial charge in [-0.3, -0.25) is 9.89 Å². The average Bonchev–Trinajstić information content (AvgIpc) is 3.28. The molecule has 5 rings (SSSR count). The predicted molar refractivity (Wildman–Crippen MR) is 125 cm³/mol. The van der Waals surface area contributed by atoms with Crippen molar-refractivity contribution >= 4 is 29.1 Å². The van der Waals surface area contributed by atoms with Crippen LogP contribution in [0.1, 0.15) is 21.6 Å². The van der Waals surface area contributed by atoms with E-state index in [1.54, 1.807) is 47.4 Å². The van der Waals surface area contributed by atoms with Crippen LogP contribution >= 0.6 is 0 Å². The average molecular weight is 461 g/mol. The van der Waals surface area contributed by atoms with Crippen molar-refractivity contribution in [3.05, 3.63) is 77.0 Å². The number of amides is 1. The Bertz CT molecular complexity index is 1390. The number of nitrogens with one attached hydrogen (secondary N) is 2. The van der Waals surface area contributed by atoms with E-state index in [9.17, 15) is 18.7 Å². The van der Waals surface area contributed by atoms with E-state index in [1.165, 1.54) is 6.07 Å². The Morgan fingerprint density at radius 3 is 2.50 bits per heavy atom. The minimum Gasteiger partial charge on any atom is -0.508 e. The van der Waals surface area contributed by atoms with Crippen LogP contribution in [0.4, 0.5) is 8.78 Å². The lowest BCUT2D eigenvalue weighted by molar-refractivity contribution is 0.0737.